The summed E-state index contributed by atoms with van der Waals surface area (Å²) in [7, 11) is 0. The third-order valence-corrected chi connectivity index (χ3v) is 4.07. The lowest BCUT2D eigenvalue weighted by molar-refractivity contribution is 0.371. The highest BCUT2D eigenvalue weighted by Gasteiger charge is 2.41. The Kier molecular flexibility index (Phi) is 2.91. The van der Waals surface area contributed by atoms with Crippen molar-refractivity contribution in [2.75, 3.05) is 0 Å². The molecular weight excluding hydrogens is 213 g/mol. The second-order valence-corrected chi connectivity index (χ2v) is 5.61. The van der Waals surface area contributed by atoms with Crippen molar-refractivity contribution in [2.24, 2.45) is 11.8 Å². The average molecular weight is 233 g/mol. The van der Waals surface area contributed by atoms with Crippen molar-refractivity contribution >= 4 is 0 Å². The Morgan fingerprint density at radius 1 is 1.12 bits per heavy atom. The van der Waals surface area contributed by atoms with Crippen molar-refractivity contribution < 1.29 is 4.39 Å². The van der Waals surface area contributed by atoms with Crippen molar-refractivity contribution in [1.82, 2.24) is 5.32 Å². The molecule has 2 fully saturated rings. The molecule has 0 bridgehead atoms. The molecule has 1 aromatic rings. The van der Waals surface area contributed by atoms with Crippen LogP contribution in [0, 0.1) is 17.7 Å². The van der Waals surface area contributed by atoms with E-state index in [9.17, 15) is 4.39 Å². The van der Waals surface area contributed by atoms with Crippen LogP contribution >= 0.6 is 0 Å². The molecule has 92 valence electrons. The highest BCUT2D eigenvalue weighted by Crippen LogP contribution is 2.45. The quantitative estimate of drug-likeness (QED) is 0.818. The summed E-state index contributed by atoms with van der Waals surface area (Å²) in [5.74, 6) is 1.63. The van der Waals surface area contributed by atoms with E-state index in [0.717, 1.165) is 17.4 Å². The smallest absolute Gasteiger partial charge is 0.127 e. The van der Waals surface area contributed by atoms with E-state index in [1.165, 1.54) is 25.7 Å². The van der Waals surface area contributed by atoms with Gasteiger partial charge >= 0.3 is 0 Å². The van der Waals surface area contributed by atoms with Gasteiger partial charge in [-0.05, 0) is 50.5 Å². The van der Waals surface area contributed by atoms with Gasteiger partial charge < -0.3 is 5.32 Å². The molecule has 0 spiro atoms. The first-order valence-corrected chi connectivity index (χ1v) is 6.76. The number of benzene rings is 1. The maximum atomic E-state index is 13.7. The van der Waals surface area contributed by atoms with Crippen LogP contribution in [0.25, 0.3) is 0 Å². The van der Waals surface area contributed by atoms with Gasteiger partial charge in [0.15, 0.2) is 0 Å². The second-order valence-electron chi connectivity index (χ2n) is 5.61. The van der Waals surface area contributed by atoms with E-state index in [1.807, 2.05) is 12.1 Å². The molecule has 0 unspecified atom stereocenters. The first-order chi connectivity index (χ1) is 8.25. The van der Waals surface area contributed by atoms with Crippen LogP contribution in [0.4, 0.5) is 4.39 Å². The largest absolute Gasteiger partial charge is 0.307 e. The van der Waals surface area contributed by atoms with Crippen molar-refractivity contribution in [2.45, 2.75) is 44.7 Å². The van der Waals surface area contributed by atoms with Crippen LogP contribution in [0.1, 0.15) is 44.2 Å². The van der Waals surface area contributed by atoms with Crippen molar-refractivity contribution in [3.8, 4) is 0 Å². The molecule has 17 heavy (non-hydrogen) atoms. The Morgan fingerprint density at radius 3 is 2.24 bits per heavy atom. The number of hydrogen-bond acceptors (Lipinski definition) is 1. The standard InChI is InChI=1S/C15H20FN/c1-10(13-4-2-3-5-14(13)16)17-15(11-6-7-11)12-8-9-12/h2-5,10-12,15,17H,6-9H2,1H3/t10-/m1/s1. The molecule has 1 N–H and O–H groups in total. The van der Waals surface area contributed by atoms with Gasteiger partial charge in [-0.15, -0.1) is 0 Å². The Labute approximate surface area is 102 Å². The van der Waals surface area contributed by atoms with E-state index in [1.54, 1.807) is 12.1 Å². The van der Waals surface area contributed by atoms with Gasteiger partial charge in [-0.2, -0.15) is 0 Å². The summed E-state index contributed by atoms with van der Waals surface area (Å²) in [6.45, 7) is 2.08. The highest BCUT2D eigenvalue weighted by molar-refractivity contribution is 5.21. The van der Waals surface area contributed by atoms with Crippen LogP contribution in [0.5, 0.6) is 0 Å². The predicted molar refractivity (Wildman–Crippen MR) is 67.2 cm³/mol. The zero-order valence-electron chi connectivity index (χ0n) is 10.3. The molecule has 2 aliphatic rings. The molecule has 3 rings (SSSR count). The fourth-order valence-corrected chi connectivity index (χ4v) is 2.77. The summed E-state index contributed by atoms with van der Waals surface area (Å²) >= 11 is 0. The molecule has 0 amide bonds. The fraction of sp³-hybridized carbons (Fsp3) is 0.600. The molecule has 0 heterocycles. The van der Waals surface area contributed by atoms with Crippen LogP contribution in [0.3, 0.4) is 0 Å². The Balaban J connectivity index is 1.69. The van der Waals surface area contributed by atoms with Crippen LogP contribution < -0.4 is 5.32 Å². The van der Waals surface area contributed by atoms with Gasteiger partial charge in [0.2, 0.25) is 0 Å². The zero-order chi connectivity index (χ0) is 11.8. The molecule has 1 atom stereocenters. The lowest BCUT2D eigenvalue weighted by atomic mass is 10.0. The molecule has 0 aliphatic heterocycles. The van der Waals surface area contributed by atoms with Crippen LogP contribution in [0.2, 0.25) is 0 Å². The maximum Gasteiger partial charge on any atom is 0.127 e. The highest BCUT2D eigenvalue weighted by atomic mass is 19.1. The van der Waals surface area contributed by atoms with Gasteiger partial charge in [-0.1, -0.05) is 18.2 Å². The van der Waals surface area contributed by atoms with Gasteiger partial charge in [0.05, 0.1) is 0 Å². The fourth-order valence-electron chi connectivity index (χ4n) is 2.77. The van der Waals surface area contributed by atoms with Crippen LogP contribution in [-0.4, -0.2) is 6.04 Å². The van der Waals surface area contributed by atoms with Gasteiger partial charge in [-0.3, -0.25) is 0 Å². The molecule has 2 heteroatoms. The summed E-state index contributed by atoms with van der Waals surface area (Å²) in [6, 6.07) is 7.87. The first kappa shape index (κ1) is 11.2. The molecule has 2 saturated carbocycles. The number of halogens is 1. The second kappa shape index (κ2) is 4.41. The van der Waals surface area contributed by atoms with Gasteiger partial charge in [-0.25, -0.2) is 4.39 Å². The molecule has 2 aliphatic carbocycles. The number of nitrogens with one attached hydrogen (secondary N) is 1. The molecule has 0 aromatic heterocycles. The van der Waals surface area contributed by atoms with Crippen molar-refractivity contribution in [1.29, 1.82) is 0 Å². The minimum Gasteiger partial charge on any atom is -0.307 e. The monoisotopic (exact) mass is 233 g/mol. The number of rotatable bonds is 5. The SMILES string of the molecule is C[C@@H](NC(C1CC1)C1CC1)c1ccccc1F. The van der Waals surface area contributed by atoms with Crippen molar-refractivity contribution in [3.63, 3.8) is 0 Å². The van der Waals surface area contributed by atoms with Crippen molar-refractivity contribution in [3.05, 3.63) is 35.6 Å². The lowest BCUT2D eigenvalue weighted by Gasteiger charge is -2.23. The third-order valence-electron chi connectivity index (χ3n) is 4.07. The van der Waals surface area contributed by atoms with E-state index in [2.05, 4.69) is 12.2 Å². The van der Waals surface area contributed by atoms with Gasteiger partial charge in [0.25, 0.3) is 0 Å². The molecule has 0 radical (unpaired) electrons. The summed E-state index contributed by atoms with van der Waals surface area (Å²) in [4.78, 5) is 0. The maximum absolute atomic E-state index is 13.7. The number of hydrogen-bond donors (Lipinski definition) is 1. The summed E-state index contributed by atoms with van der Waals surface area (Å²) < 4.78 is 13.7. The van der Waals surface area contributed by atoms with Crippen LogP contribution in [-0.2, 0) is 0 Å². The Morgan fingerprint density at radius 2 is 1.71 bits per heavy atom. The predicted octanol–water partition coefficient (Wildman–Crippen LogP) is 3.66. The minimum absolute atomic E-state index is 0.0853. The molecule has 1 aromatic carbocycles. The topological polar surface area (TPSA) is 12.0 Å². The Bertz CT molecular complexity index is 384. The minimum atomic E-state index is -0.0853. The summed E-state index contributed by atoms with van der Waals surface area (Å²) in [5, 5.41) is 3.66. The van der Waals surface area contributed by atoms with E-state index in [-0.39, 0.29) is 11.9 Å². The van der Waals surface area contributed by atoms with E-state index in [4.69, 9.17) is 0 Å². The third kappa shape index (κ3) is 2.52. The Hall–Kier alpha value is -0.890. The lowest BCUT2D eigenvalue weighted by Crippen LogP contribution is -2.35. The normalized spacial score (nSPS) is 21.8. The molecule has 0 saturated heterocycles. The van der Waals surface area contributed by atoms with E-state index < -0.39 is 0 Å². The molecule has 1 nitrogen and oxygen atoms in total. The van der Waals surface area contributed by atoms with Gasteiger partial charge in [0, 0.05) is 17.6 Å². The van der Waals surface area contributed by atoms with E-state index >= 15 is 0 Å². The van der Waals surface area contributed by atoms with E-state index in [0.29, 0.717) is 6.04 Å². The van der Waals surface area contributed by atoms with Crippen LogP contribution in [0.15, 0.2) is 24.3 Å². The van der Waals surface area contributed by atoms with Gasteiger partial charge in [0.1, 0.15) is 5.82 Å². The average Bonchev–Trinajstić information content (AvgIpc) is 3.16. The zero-order valence-corrected chi connectivity index (χ0v) is 10.3. The summed E-state index contributed by atoms with van der Waals surface area (Å²) in [6.07, 6.45) is 5.44. The summed E-state index contributed by atoms with van der Waals surface area (Å²) in [5.41, 5.74) is 0.804. The molecular formula is C15H20FN. The first-order valence-electron chi connectivity index (χ1n) is 6.76.